The molecule has 208 valence electrons. The fourth-order valence-corrected chi connectivity index (χ4v) is 5.19. The van der Waals surface area contributed by atoms with Gasteiger partial charge < -0.3 is 18.9 Å². The average Bonchev–Trinajstić information content (AvgIpc) is 2.95. The lowest BCUT2D eigenvalue weighted by Crippen LogP contribution is -2.13. The van der Waals surface area contributed by atoms with Crippen LogP contribution in [0.3, 0.4) is 0 Å². The molecule has 8 nitrogen and oxygen atoms in total. The molecular formula is C28H30O8S3. The molecule has 0 aromatic heterocycles. The summed E-state index contributed by atoms with van der Waals surface area (Å²) in [7, 11) is 0. The van der Waals surface area contributed by atoms with Crippen LogP contribution < -0.4 is 0 Å². The van der Waals surface area contributed by atoms with Gasteiger partial charge in [-0.15, -0.1) is 23.5 Å². The minimum atomic E-state index is -0.546. The number of hydrogen-bond donors (Lipinski definition) is 0. The third-order valence-electron chi connectivity index (χ3n) is 4.55. The Morgan fingerprint density at radius 1 is 0.564 bits per heavy atom. The molecule has 2 aromatic rings. The molecule has 2 rings (SSSR count). The molecule has 0 unspecified atom stereocenters. The Kier molecular flexibility index (Phi) is 15.6. The van der Waals surface area contributed by atoms with Crippen LogP contribution in [0.15, 0.2) is 93.4 Å². The predicted octanol–water partition coefficient (Wildman–Crippen LogP) is 5.35. The Morgan fingerprint density at radius 2 is 0.897 bits per heavy atom. The Morgan fingerprint density at radius 3 is 1.26 bits per heavy atom. The smallest absolute Gasteiger partial charge is 0.330 e. The van der Waals surface area contributed by atoms with Gasteiger partial charge in [0.25, 0.3) is 0 Å². The van der Waals surface area contributed by atoms with Gasteiger partial charge in [0.15, 0.2) is 0 Å². The highest BCUT2D eigenvalue weighted by Gasteiger charge is 2.07. The monoisotopic (exact) mass is 590 g/mol. The second-order valence-corrected chi connectivity index (χ2v) is 10.9. The van der Waals surface area contributed by atoms with E-state index in [1.165, 1.54) is 0 Å². The van der Waals surface area contributed by atoms with Crippen LogP contribution in [0.5, 0.6) is 0 Å². The first-order valence-electron chi connectivity index (χ1n) is 11.9. The Labute approximate surface area is 240 Å². The number of carbonyl (C=O) groups excluding carboxylic acids is 4. The highest BCUT2D eigenvalue weighted by atomic mass is 32.2. The van der Waals surface area contributed by atoms with Crippen molar-refractivity contribution in [3.8, 4) is 0 Å². The van der Waals surface area contributed by atoms with E-state index in [9.17, 15) is 19.2 Å². The number of rotatable bonds is 18. The molecule has 11 heteroatoms. The second kappa shape index (κ2) is 19.0. The summed E-state index contributed by atoms with van der Waals surface area (Å²) in [5.41, 5.74) is 0. The number of esters is 4. The fourth-order valence-electron chi connectivity index (χ4n) is 2.71. The first kappa shape index (κ1) is 32.1. The van der Waals surface area contributed by atoms with Crippen LogP contribution in [0.2, 0.25) is 0 Å². The molecule has 0 spiro atoms. The van der Waals surface area contributed by atoms with Gasteiger partial charge in [-0.05, 0) is 48.5 Å². The second-order valence-electron chi connectivity index (χ2n) is 7.43. The summed E-state index contributed by atoms with van der Waals surface area (Å²) in [5.74, 6) is -0.602. The van der Waals surface area contributed by atoms with Crippen LogP contribution in [-0.2, 0) is 38.1 Å². The molecule has 2 aromatic carbocycles. The Balaban J connectivity index is 1.62. The molecule has 39 heavy (non-hydrogen) atoms. The third-order valence-corrected chi connectivity index (χ3v) is 7.59. The number of ether oxygens (including phenoxy) is 4. The van der Waals surface area contributed by atoms with E-state index in [-0.39, 0.29) is 51.2 Å². The number of thioether (sulfide) groups is 2. The van der Waals surface area contributed by atoms with Crippen LogP contribution in [0.25, 0.3) is 0 Å². The van der Waals surface area contributed by atoms with Gasteiger partial charge in [0.2, 0.25) is 0 Å². The molecule has 0 saturated heterocycles. The fraction of sp³-hybridized carbons (Fsp3) is 0.286. The van der Waals surface area contributed by atoms with Gasteiger partial charge in [0.1, 0.15) is 26.4 Å². The van der Waals surface area contributed by atoms with Gasteiger partial charge in [0, 0.05) is 43.2 Å². The molecular weight excluding hydrogens is 561 g/mol. The summed E-state index contributed by atoms with van der Waals surface area (Å²) in [5, 5.41) is 0. The van der Waals surface area contributed by atoms with Gasteiger partial charge in [-0.2, -0.15) is 0 Å². The SMILES string of the molecule is C=CC(=O)OCCOC(=O)CCSc1ccc(Sc2ccc(SCCC(=O)OCCOC(=O)C=C)cc2)cc1. The van der Waals surface area contributed by atoms with Gasteiger partial charge in [-0.25, -0.2) is 9.59 Å². The van der Waals surface area contributed by atoms with Crippen LogP contribution in [0, 0.1) is 0 Å². The van der Waals surface area contributed by atoms with Crippen LogP contribution >= 0.6 is 35.3 Å². The van der Waals surface area contributed by atoms with Crippen LogP contribution in [0.1, 0.15) is 12.8 Å². The number of hydrogen-bond acceptors (Lipinski definition) is 11. The maximum absolute atomic E-state index is 11.8. The van der Waals surface area contributed by atoms with Crippen molar-refractivity contribution in [3.05, 3.63) is 73.8 Å². The van der Waals surface area contributed by atoms with E-state index in [1.807, 2.05) is 48.5 Å². The maximum Gasteiger partial charge on any atom is 0.330 e. The zero-order valence-corrected chi connectivity index (χ0v) is 23.8. The van der Waals surface area contributed by atoms with Crippen molar-refractivity contribution in [2.45, 2.75) is 32.4 Å². The van der Waals surface area contributed by atoms with E-state index in [4.69, 9.17) is 18.9 Å². The molecule has 0 N–H and O–H groups in total. The topological polar surface area (TPSA) is 105 Å². The first-order chi connectivity index (χ1) is 18.9. The molecule has 0 aliphatic carbocycles. The average molecular weight is 591 g/mol. The molecule has 0 bridgehead atoms. The van der Waals surface area contributed by atoms with E-state index in [0.29, 0.717) is 11.5 Å². The van der Waals surface area contributed by atoms with Crippen molar-refractivity contribution in [3.63, 3.8) is 0 Å². The van der Waals surface area contributed by atoms with Gasteiger partial charge >= 0.3 is 23.9 Å². The zero-order chi connectivity index (χ0) is 28.3. The summed E-state index contributed by atoms with van der Waals surface area (Å²) < 4.78 is 19.5. The predicted molar refractivity (Wildman–Crippen MR) is 152 cm³/mol. The zero-order valence-electron chi connectivity index (χ0n) is 21.3. The molecule has 0 atom stereocenters. The largest absolute Gasteiger partial charge is 0.462 e. The van der Waals surface area contributed by atoms with Crippen molar-refractivity contribution in [2.24, 2.45) is 0 Å². The minimum Gasteiger partial charge on any atom is -0.462 e. The van der Waals surface area contributed by atoms with E-state index < -0.39 is 11.9 Å². The van der Waals surface area contributed by atoms with Crippen molar-refractivity contribution in [2.75, 3.05) is 37.9 Å². The lowest BCUT2D eigenvalue weighted by Gasteiger charge is -2.07. The summed E-state index contributed by atoms with van der Waals surface area (Å²) in [6, 6.07) is 16.2. The number of benzene rings is 2. The quantitative estimate of drug-likeness (QED) is 0.0738. The van der Waals surface area contributed by atoms with E-state index >= 15 is 0 Å². The van der Waals surface area contributed by atoms with Crippen molar-refractivity contribution >= 4 is 59.2 Å². The summed E-state index contributed by atoms with van der Waals surface area (Å²) in [6.07, 6.45) is 2.63. The van der Waals surface area contributed by atoms with Crippen molar-refractivity contribution in [1.29, 1.82) is 0 Å². The lowest BCUT2D eigenvalue weighted by atomic mass is 10.4. The first-order valence-corrected chi connectivity index (χ1v) is 14.7. The summed E-state index contributed by atoms with van der Waals surface area (Å²) in [6.45, 7) is 6.67. The summed E-state index contributed by atoms with van der Waals surface area (Å²) >= 11 is 4.77. The van der Waals surface area contributed by atoms with Gasteiger partial charge in [-0.1, -0.05) is 24.9 Å². The maximum atomic E-state index is 11.8. The van der Waals surface area contributed by atoms with Crippen molar-refractivity contribution < 1.29 is 38.1 Å². The number of carbonyl (C=O) groups is 4. The highest BCUT2D eigenvalue weighted by molar-refractivity contribution is 8.00. The minimum absolute atomic E-state index is 0.0140. The summed E-state index contributed by atoms with van der Waals surface area (Å²) in [4.78, 5) is 49.6. The molecule has 0 radical (unpaired) electrons. The normalized spacial score (nSPS) is 10.3. The van der Waals surface area contributed by atoms with Crippen LogP contribution in [0.4, 0.5) is 0 Å². The van der Waals surface area contributed by atoms with Crippen molar-refractivity contribution in [1.82, 2.24) is 0 Å². The molecule has 0 saturated carbocycles. The Bertz CT molecular complexity index is 1010. The molecule has 0 fully saturated rings. The van der Waals surface area contributed by atoms with Crippen LogP contribution in [-0.4, -0.2) is 61.8 Å². The third kappa shape index (κ3) is 14.5. The van der Waals surface area contributed by atoms with Gasteiger partial charge in [0.05, 0.1) is 12.8 Å². The van der Waals surface area contributed by atoms with Gasteiger partial charge in [-0.3, -0.25) is 9.59 Å². The molecule has 0 aliphatic rings. The van der Waals surface area contributed by atoms with E-state index in [1.54, 1.807) is 35.3 Å². The lowest BCUT2D eigenvalue weighted by molar-refractivity contribution is -0.149. The molecule has 0 heterocycles. The molecule has 0 amide bonds. The standard InChI is InChI=1S/C28H30O8S3/c1-3-25(29)33-15-17-35-27(31)13-19-37-21-5-9-23(10-6-21)39-24-11-7-22(8-12-24)38-20-14-28(32)36-18-16-34-26(30)4-2/h3-12H,1-2,13-20H2. The Hall–Kier alpha value is -3.15. The van der Waals surface area contributed by atoms with E-state index in [2.05, 4.69) is 13.2 Å². The highest BCUT2D eigenvalue weighted by Crippen LogP contribution is 2.31. The molecule has 0 aliphatic heterocycles. The van der Waals surface area contributed by atoms with E-state index in [0.717, 1.165) is 31.7 Å².